The predicted molar refractivity (Wildman–Crippen MR) is 84.6 cm³/mol. The second-order valence-electron chi connectivity index (χ2n) is 4.43. The minimum atomic E-state index is -0.425. The summed E-state index contributed by atoms with van der Waals surface area (Å²) in [6.07, 6.45) is 0. The number of nitrogens with one attached hydrogen (secondary N) is 1. The van der Waals surface area contributed by atoms with Gasteiger partial charge in [0.1, 0.15) is 0 Å². The van der Waals surface area contributed by atoms with Crippen LogP contribution in [0.3, 0.4) is 0 Å². The first-order valence-electron chi connectivity index (χ1n) is 6.27. The molecule has 2 rings (SSSR count). The highest BCUT2D eigenvalue weighted by molar-refractivity contribution is 9.10. The van der Waals surface area contributed by atoms with Crippen molar-refractivity contribution < 1.29 is 14.3 Å². The molecule has 0 heterocycles. The number of hydrogen-bond donors (Lipinski definition) is 1. The third kappa shape index (κ3) is 3.49. The van der Waals surface area contributed by atoms with Gasteiger partial charge in [-0.2, -0.15) is 0 Å². The normalized spacial score (nSPS) is 10.0. The summed E-state index contributed by atoms with van der Waals surface area (Å²) in [6, 6.07) is 12.2. The van der Waals surface area contributed by atoms with Crippen molar-refractivity contribution in [1.29, 1.82) is 0 Å². The lowest BCUT2D eigenvalue weighted by Crippen LogP contribution is -2.14. The first-order valence-corrected chi connectivity index (χ1v) is 7.07. The zero-order valence-electron chi connectivity index (χ0n) is 11.6. The van der Waals surface area contributed by atoms with E-state index in [9.17, 15) is 9.59 Å². The fourth-order valence-electron chi connectivity index (χ4n) is 1.93. The van der Waals surface area contributed by atoms with Gasteiger partial charge in [-0.05, 0) is 42.8 Å². The highest BCUT2D eigenvalue weighted by Crippen LogP contribution is 2.21. The average Bonchev–Trinajstić information content (AvgIpc) is 2.48. The molecule has 21 heavy (non-hydrogen) atoms. The number of carbonyl (C=O) groups is 2. The molecule has 0 aliphatic heterocycles. The largest absolute Gasteiger partial charge is 0.465 e. The van der Waals surface area contributed by atoms with Crippen molar-refractivity contribution in [3.63, 3.8) is 0 Å². The number of ether oxygens (including phenoxy) is 1. The second-order valence-corrected chi connectivity index (χ2v) is 5.35. The van der Waals surface area contributed by atoms with Crippen LogP contribution in [-0.4, -0.2) is 19.0 Å². The van der Waals surface area contributed by atoms with Crippen LogP contribution in [0.25, 0.3) is 0 Å². The van der Waals surface area contributed by atoms with Crippen molar-refractivity contribution in [1.82, 2.24) is 0 Å². The number of anilines is 1. The average molecular weight is 348 g/mol. The Morgan fingerprint density at radius 3 is 2.52 bits per heavy atom. The lowest BCUT2D eigenvalue weighted by molar-refractivity contribution is 0.0599. The maximum absolute atomic E-state index is 12.2. The summed E-state index contributed by atoms with van der Waals surface area (Å²) in [6.45, 7) is 1.77. The smallest absolute Gasteiger partial charge is 0.338 e. The third-order valence-corrected chi connectivity index (χ3v) is 3.57. The Kier molecular flexibility index (Phi) is 4.75. The van der Waals surface area contributed by atoms with Crippen LogP contribution >= 0.6 is 15.9 Å². The van der Waals surface area contributed by atoms with Gasteiger partial charge in [-0.1, -0.05) is 28.1 Å². The maximum atomic E-state index is 12.2. The number of esters is 1. The molecule has 0 saturated carbocycles. The van der Waals surface area contributed by atoms with Crippen LogP contribution in [0.4, 0.5) is 5.69 Å². The summed E-state index contributed by atoms with van der Waals surface area (Å²) in [5.41, 5.74) is 2.23. The van der Waals surface area contributed by atoms with Gasteiger partial charge in [0.05, 0.1) is 12.7 Å². The fourth-order valence-corrected chi connectivity index (χ4v) is 2.33. The molecule has 0 unspecified atom stereocenters. The summed E-state index contributed by atoms with van der Waals surface area (Å²) in [4.78, 5) is 23.9. The Morgan fingerprint density at radius 1 is 1.14 bits per heavy atom. The van der Waals surface area contributed by atoms with Gasteiger partial charge in [-0.25, -0.2) is 4.79 Å². The molecule has 0 bridgehead atoms. The molecule has 2 aromatic carbocycles. The van der Waals surface area contributed by atoms with E-state index in [2.05, 4.69) is 21.2 Å². The first kappa shape index (κ1) is 15.3. The molecule has 1 N–H and O–H groups in total. The Hall–Kier alpha value is -2.14. The van der Waals surface area contributed by atoms with Crippen molar-refractivity contribution in [3.05, 3.63) is 63.6 Å². The molecule has 0 atom stereocenters. The van der Waals surface area contributed by atoms with E-state index in [0.717, 1.165) is 4.47 Å². The van der Waals surface area contributed by atoms with Gasteiger partial charge < -0.3 is 10.1 Å². The highest BCUT2D eigenvalue weighted by Gasteiger charge is 2.14. The molecular formula is C16H14BrNO3. The first-order chi connectivity index (χ1) is 10.0. The lowest BCUT2D eigenvalue weighted by atomic mass is 10.1. The standard InChI is InChI=1S/C16H14BrNO3/c1-10-13(16(20)21-2)7-4-8-14(10)18-15(19)11-5-3-6-12(17)9-11/h3-9H,1-2H3,(H,18,19). The van der Waals surface area contributed by atoms with Crippen molar-refractivity contribution in [2.45, 2.75) is 6.92 Å². The Labute approximate surface area is 131 Å². The van der Waals surface area contributed by atoms with E-state index in [1.807, 2.05) is 6.07 Å². The van der Waals surface area contributed by atoms with Gasteiger partial charge in [0.15, 0.2) is 0 Å². The van der Waals surface area contributed by atoms with Gasteiger partial charge in [0, 0.05) is 15.7 Å². The van der Waals surface area contributed by atoms with Gasteiger partial charge in [-0.15, -0.1) is 0 Å². The molecule has 4 nitrogen and oxygen atoms in total. The van der Waals surface area contributed by atoms with E-state index in [4.69, 9.17) is 4.74 Å². The maximum Gasteiger partial charge on any atom is 0.338 e. The molecule has 5 heteroatoms. The minimum absolute atomic E-state index is 0.235. The number of methoxy groups -OCH3 is 1. The zero-order chi connectivity index (χ0) is 15.4. The molecule has 0 aliphatic rings. The number of hydrogen-bond acceptors (Lipinski definition) is 3. The number of rotatable bonds is 3. The molecule has 2 aromatic rings. The van der Waals surface area contributed by atoms with Crippen LogP contribution in [0.15, 0.2) is 46.9 Å². The van der Waals surface area contributed by atoms with Gasteiger partial charge >= 0.3 is 5.97 Å². The number of halogens is 1. The van der Waals surface area contributed by atoms with Crippen LogP contribution < -0.4 is 5.32 Å². The molecule has 0 saturated heterocycles. The molecule has 0 aliphatic carbocycles. The van der Waals surface area contributed by atoms with Crippen molar-refractivity contribution in [3.8, 4) is 0 Å². The van der Waals surface area contributed by atoms with Gasteiger partial charge in [0.2, 0.25) is 0 Å². The second kappa shape index (κ2) is 6.54. The van der Waals surface area contributed by atoms with Crippen molar-refractivity contribution in [2.75, 3.05) is 12.4 Å². The van der Waals surface area contributed by atoms with Crippen LogP contribution in [0.1, 0.15) is 26.3 Å². The van der Waals surface area contributed by atoms with E-state index in [1.54, 1.807) is 43.3 Å². The Bertz CT molecular complexity index is 698. The van der Waals surface area contributed by atoms with Crippen LogP contribution in [0.5, 0.6) is 0 Å². The molecular weight excluding hydrogens is 334 g/mol. The van der Waals surface area contributed by atoms with E-state index < -0.39 is 5.97 Å². The van der Waals surface area contributed by atoms with E-state index in [1.165, 1.54) is 7.11 Å². The van der Waals surface area contributed by atoms with E-state index in [0.29, 0.717) is 22.4 Å². The molecule has 0 radical (unpaired) electrons. The molecule has 0 spiro atoms. The Morgan fingerprint density at radius 2 is 1.86 bits per heavy atom. The van der Waals surface area contributed by atoms with Crippen molar-refractivity contribution >= 4 is 33.5 Å². The lowest BCUT2D eigenvalue weighted by Gasteiger charge is -2.11. The topological polar surface area (TPSA) is 55.4 Å². The molecule has 1 amide bonds. The Balaban J connectivity index is 2.28. The zero-order valence-corrected chi connectivity index (χ0v) is 13.2. The number of amides is 1. The summed E-state index contributed by atoms with van der Waals surface area (Å²) in [7, 11) is 1.33. The predicted octanol–water partition coefficient (Wildman–Crippen LogP) is 3.80. The monoisotopic (exact) mass is 347 g/mol. The van der Waals surface area contributed by atoms with Gasteiger partial charge in [0.25, 0.3) is 5.91 Å². The van der Waals surface area contributed by atoms with E-state index >= 15 is 0 Å². The van der Waals surface area contributed by atoms with E-state index in [-0.39, 0.29) is 5.91 Å². The SMILES string of the molecule is COC(=O)c1cccc(NC(=O)c2cccc(Br)c2)c1C. The summed E-state index contributed by atoms with van der Waals surface area (Å²) >= 11 is 3.33. The molecule has 0 aromatic heterocycles. The summed E-state index contributed by atoms with van der Waals surface area (Å²) < 4.78 is 5.55. The third-order valence-electron chi connectivity index (χ3n) is 3.07. The van der Waals surface area contributed by atoms with Crippen LogP contribution in [0, 0.1) is 6.92 Å². The number of benzene rings is 2. The molecule has 108 valence electrons. The summed E-state index contributed by atoms with van der Waals surface area (Å²) in [5, 5.41) is 2.81. The molecule has 0 fully saturated rings. The number of carbonyl (C=O) groups excluding carboxylic acids is 2. The van der Waals surface area contributed by atoms with Crippen molar-refractivity contribution in [2.24, 2.45) is 0 Å². The fraction of sp³-hybridized carbons (Fsp3) is 0.125. The van der Waals surface area contributed by atoms with Crippen LogP contribution in [0.2, 0.25) is 0 Å². The summed E-state index contributed by atoms with van der Waals surface area (Å²) in [5.74, 6) is -0.660. The quantitative estimate of drug-likeness (QED) is 0.859. The minimum Gasteiger partial charge on any atom is -0.465 e. The van der Waals surface area contributed by atoms with Gasteiger partial charge in [-0.3, -0.25) is 4.79 Å². The highest BCUT2D eigenvalue weighted by atomic mass is 79.9. The van der Waals surface area contributed by atoms with Crippen LogP contribution in [-0.2, 0) is 4.74 Å².